The standard InChI is InChI=1S/C22H29N5O4S2/c1-3-4-9-27-19-6-5-17(33(29,30)26-10-12-31-13-11-26)14-18(19)24-20(27)7-8-21(28)25-22-23-15-16(2)32-22/h5-6,14-15H,3-4,7-13H2,1-2H3,(H,23,25,28). The number of ether oxygens (including phenoxy) is 1. The number of carbonyl (C=O) groups is 1. The highest BCUT2D eigenvalue weighted by Crippen LogP contribution is 2.25. The Morgan fingerprint density at radius 2 is 2.06 bits per heavy atom. The number of hydrogen-bond donors (Lipinski definition) is 1. The van der Waals surface area contributed by atoms with Crippen LogP contribution in [0.5, 0.6) is 0 Å². The van der Waals surface area contributed by atoms with Gasteiger partial charge in [-0.3, -0.25) is 4.79 Å². The van der Waals surface area contributed by atoms with E-state index >= 15 is 0 Å². The number of thiazole rings is 1. The molecule has 0 spiro atoms. The smallest absolute Gasteiger partial charge is 0.243 e. The number of benzene rings is 1. The Morgan fingerprint density at radius 1 is 1.27 bits per heavy atom. The number of amides is 1. The molecule has 1 aliphatic heterocycles. The fraction of sp³-hybridized carbons (Fsp3) is 0.500. The molecular weight excluding hydrogens is 462 g/mol. The lowest BCUT2D eigenvalue weighted by molar-refractivity contribution is -0.116. The topological polar surface area (TPSA) is 106 Å². The lowest BCUT2D eigenvalue weighted by Crippen LogP contribution is -2.40. The van der Waals surface area contributed by atoms with Crippen LogP contribution in [0.25, 0.3) is 11.0 Å². The van der Waals surface area contributed by atoms with E-state index in [0.717, 1.165) is 35.6 Å². The number of carbonyl (C=O) groups excluding carboxylic acids is 1. The van der Waals surface area contributed by atoms with Gasteiger partial charge in [0.1, 0.15) is 5.82 Å². The number of sulfonamides is 1. The monoisotopic (exact) mass is 491 g/mol. The molecule has 11 heteroatoms. The molecule has 33 heavy (non-hydrogen) atoms. The van der Waals surface area contributed by atoms with E-state index in [4.69, 9.17) is 9.72 Å². The van der Waals surface area contributed by atoms with Crippen LogP contribution in [-0.2, 0) is 32.5 Å². The summed E-state index contributed by atoms with van der Waals surface area (Å²) in [7, 11) is -3.60. The van der Waals surface area contributed by atoms with Gasteiger partial charge >= 0.3 is 0 Å². The highest BCUT2D eigenvalue weighted by molar-refractivity contribution is 7.89. The highest BCUT2D eigenvalue weighted by atomic mass is 32.2. The number of imidazole rings is 1. The lowest BCUT2D eigenvalue weighted by atomic mass is 10.2. The third-order valence-corrected chi connectivity index (χ3v) is 8.31. The summed E-state index contributed by atoms with van der Waals surface area (Å²) in [6.07, 6.45) is 4.45. The fourth-order valence-electron chi connectivity index (χ4n) is 3.83. The van der Waals surface area contributed by atoms with E-state index in [1.165, 1.54) is 15.6 Å². The van der Waals surface area contributed by atoms with Crippen LogP contribution in [0.15, 0.2) is 29.3 Å². The van der Waals surface area contributed by atoms with Crippen LogP contribution < -0.4 is 5.32 Å². The first-order valence-corrected chi connectivity index (χ1v) is 13.4. The summed E-state index contributed by atoms with van der Waals surface area (Å²) in [6, 6.07) is 5.12. The lowest BCUT2D eigenvalue weighted by Gasteiger charge is -2.26. The Morgan fingerprint density at radius 3 is 2.76 bits per heavy atom. The number of anilines is 1. The molecule has 1 aliphatic rings. The number of fused-ring (bicyclic) bond motifs is 1. The second kappa shape index (κ2) is 10.3. The molecule has 9 nitrogen and oxygen atoms in total. The van der Waals surface area contributed by atoms with Gasteiger partial charge in [-0.25, -0.2) is 18.4 Å². The maximum atomic E-state index is 13.1. The van der Waals surface area contributed by atoms with Crippen molar-refractivity contribution in [1.82, 2.24) is 18.8 Å². The highest BCUT2D eigenvalue weighted by Gasteiger charge is 2.27. The van der Waals surface area contributed by atoms with Gasteiger partial charge in [-0.1, -0.05) is 13.3 Å². The van der Waals surface area contributed by atoms with E-state index in [-0.39, 0.29) is 17.2 Å². The summed E-state index contributed by atoms with van der Waals surface area (Å²) in [5.41, 5.74) is 1.52. The number of nitrogens with zero attached hydrogens (tertiary/aromatic N) is 4. The molecule has 0 bridgehead atoms. The summed E-state index contributed by atoms with van der Waals surface area (Å²) in [4.78, 5) is 22.6. The van der Waals surface area contributed by atoms with Gasteiger partial charge in [0.15, 0.2) is 5.13 Å². The largest absolute Gasteiger partial charge is 0.379 e. The summed E-state index contributed by atoms with van der Waals surface area (Å²) >= 11 is 1.44. The zero-order chi connectivity index (χ0) is 23.4. The van der Waals surface area contributed by atoms with Gasteiger partial charge in [0.2, 0.25) is 15.9 Å². The SMILES string of the molecule is CCCCn1c(CCC(=O)Nc2ncc(C)s2)nc2cc(S(=O)(=O)N3CCOCC3)ccc21. The van der Waals surface area contributed by atoms with Crippen LogP contribution >= 0.6 is 11.3 Å². The number of aromatic nitrogens is 3. The Balaban J connectivity index is 1.56. The van der Waals surface area contributed by atoms with Gasteiger partial charge in [0.05, 0.1) is 29.1 Å². The fourth-order valence-corrected chi connectivity index (χ4v) is 5.94. The van der Waals surface area contributed by atoms with Gasteiger partial charge in [0.25, 0.3) is 0 Å². The molecule has 0 aliphatic carbocycles. The van der Waals surface area contributed by atoms with E-state index in [9.17, 15) is 13.2 Å². The molecule has 2 aromatic heterocycles. The second-order valence-corrected chi connectivity index (χ2v) is 11.2. The number of hydrogen-bond acceptors (Lipinski definition) is 7. The van der Waals surface area contributed by atoms with Crippen LogP contribution in [0.1, 0.15) is 36.9 Å². The maximum Gasteiger partial charge on any atom is 0.243 e. The quantitative estimate of drug-likeness (QED) is 0.493. The molecule has 1 N–H and O–H groups in total. The van der Waals surface area contributed by atoms with Crippen molar-refractivity contribution in [3.05, 3.63) is 35.1 Å². The normalized spacial score (nSPS) is 15.2. The molecule has 0 atom stereocenters. The minimum absolute atomic E-state index is 0.117. The van der Waals surface area contributed by atoms with Crippen molar-refractivity contribution in [2.75, 3.05) is 31.6 Å². The molecule has 1 saturated heterocycles. The molecule has 0 radical (unpaired) electrons. The van der Waals surface area contributed by atoms with Crippen LogP contribution in [0.2, 0.25) is 0 Å². The van der Waals surface area contributed by atoms with Gasteiger partial charge in [-0.05, 0) is 31.5 Å². The average Bonchev–Trinajstić information content (AvgIpc) is 3.38. The summed E-state index contributed by atoms with van der Waals surface area (Å²) in [6.45, 7) is 6.34. The summed E-state index contributed by atoms with van der Waals surface area (Å²) in [5.74, 6) is 0.666. The molecule has 4 rings (SSSR count). The predicted octanol–water partition coefficient (Wildman–Crippen LogP) is 3.19. The number of rotatable bonds is 9. The number of aryl methyl sites for hydroxylation is 3. The van der Waals surface area contributed by atoms with Gasteiger partial charge < -0.3 is 14.6 Å². The average molecular weight is 492 g/mol. The molecule has 1 fully saturated rings. The van der Waals surface area contributed by atoms with Crippen molar-refractivity contribution in [2.45, 2.75) is 51.0 Å². The Hall–Kier alpha value is -2.34. The molecule has 1 amide bonds. The first-order chi connectivity index (χ1) is 15.9. The first kappa shape index (κ1) is 23.8. The molecule has 0 unspecified atom stereocenters. The van der Waals surface area contributed by atoms with Gasteiger partial charge in [0, 0.05) is 43.5 Å². The van der Waals surface area contributed by atoms with Gasteiger partial charge in [-0.2, -0.15) is 4.31 Å². The minimum atomic E-state index is -3.60. The number of unbranched alkanes of at least 4 members (excludes halogenated alkanes) is 1. The second-order valence-electron chi connectivity index (χ2n) is 8.02. The summed E-state index contributed by atoms with van der Waals surface area (Å²) in [5, 5.41) is 3.42. The molecule has 0 saturated carbocycles. The molecular formula is C22H29N5O4S2. The van der Waals surface area contributed by atoms with Crippen LogP contribution in [0, 0.1) is 6.92 Å². The summed E-state index contributed by atoms with van der Waals surface area (Å²) < 4.78 is 35.0. The van der Waals surface area contributed by atoms with E-state index in [1.807, 2.05) is 13.0 Å². The van der Waals surface area contributed by atoms with Crippen LogP contribution in [-0.4, -0.2) is 59.5 Å². The molecule has 3 aromatic rings. The van der Waals surface area contributed by atoms with E-state index in [2.05, 4.69) is 21.8 Å². The van der Waals surface area contributed by atoms with Gasteiger partial charge in [-0.15, -0.1) is 11.3 Å². The molecule has 1 aromatic carbocycles. The Kier molecular flexibility index (Phi) is 7.42. The number of morpholine rings is 1. The molecule has 3 heterocycles. The van der Waals surface area contributed by atoms with Crippen molar-refractivity contribution < 1.29 is 17.9 Å². The zero-order valence-corrected chi connectivity index (χ0v) is 20.5. The first-order valence-electron chi connectivity index (χ1n) is 11.2. The van der Waals surface area contributed by atoms with Crippen LogP contribution in [0.4, 0.5) is 5.13 Å². The van der Waals surface area contributed by atoms with Crippen molar-refractivity contribution in [3.8, 4) is 0 Å². The van der Waals surface area contributed by atoms with Crippen molar-refractivity contribution in [3.63, 3.8) is 0 Å². The third-order valence-electron chi connectivity index (χ3n) is 5.59. The van der Waals surface area contributed by atoms with E-state index in [0.29, 0.717) is 43.4 Å². The van der Waals surface area contributed by atoms with E-state index < -0.39 is 10.0 Å². The predicted molar refractivity (Wildman–Crippen MR) is 128 cm³/mol. The zero-order valence-electron chi connectivity index (χ0n) is 18.9. The molecule has 178 valence electrons. The minimum Gasteiger partial charge on any atom is -0.379 e. The number of nitrogens with one attached hydrogen (secondary N) is 1. The van der Waals surface area contributed by atoms with E-state index in [1.54, 1.807) is 18.3 Å². The van der Waals surface area contributed by atoms with Crippen molar-refractivity contribution >= 4 is 43.4 Å². The Labute approximate surface area is 197 Å². The maximum absolute atomic E-state index is 13.1. The van der Waals surface area contributed by atoms with Crippen LogP contribution in [0.3, 0.4) is 0 Å². The third kappa shape index (κ3) is 5.43. The Bertz CT molecular complexity index is 1230. The van der Waals surface area contributed by atoms with Crippen molar-refractivity contribution in [1.29, 1.82) is 0 Å². The van der Waals surface area contributed by atoms with Crippen molar-refractivity contribution in [2.24, 2.45) is 0 Å².